The van der Waals surface area contributed by atoms with Crippen molar-refractivity contribution < 1.29 is 14.3 Å². The highest BCUT2D eigenvalue weighted by molar-refractivity contribution is 6.06. The number of fused-ring (bicyclic) bond motifs is 1. The molecule has 1 fully saturated rings. The zero-order valence-corrected chi connectivity index (χ0v) is 14.4. The Morgan fingerprint density at radius 3 is 2.32 bits per heavy atom. The van der Waals surface area contributed by atoms with Gasteiger partial charge in [-0.2, -0.15) is 0 Å². The zero-order valence-electron chi connectivity index (χ0n) is 14.4. The average Bonchev–Trinajstić information content (AvgIpc) is 2.69. The number of hydrogen-bond acceptors (Lipinski definition) is 3. The molecule has 0 spiro atoms. The van der Waals surface area contributed by atoms with E-state index in [1.807, 2.05) is 60.7 Å². The maximum absolute atomic E-state index is 11.3. The molecule has 1 aliphatic heterocycles. The second-order valence-corrected chi connectivity index (χ2v) is 5.93. The second kappa shape index (κ2) is 8.56. The first kappa shape index (κ1) is 17.3. The van der Waals surface area contributed by atoms with Gasteiger partial charge in [-0.3, -0.25) is 4.79 Å². The topological polar surface area (TPSA) is 35.5 Å². The van der Waals surface area contributed by atoms with E-state index in [0.29, 0.717) is 13.2 Å². The molecule has 3 aromatic rings. The van der Waals surface area contributed by atoms with Gasteiger partial charge in [-0.1, -0.05) is 72.8 Å². The lowest BCUT2D eigenvalue weighted by atomic mass is 10.0. The van der Waals surface area contributed by atoms with Crippen LogP contribution in [0.5, 0.6) is 0 Å². The van der Waals surface area contributed by atoms with Crippen LogP contribution >= 0.6 is 0 Å². The maximum Gasteiger partial charge on any atom is 0.160 e. The van der Waals surface area contributed by atoms with Gasteiger partial charge in [-0.25, -0.2) is 0 Å². The van der Waals surface area contributed by atoms with E-state index in [0.717, 1.165) is 22.9 Å². The third-order valence-electron chi connectivity index (χ3n) is 4.16. The van der Waals surface area contributed by atoms with Crippen molar-refractivity contribution in [2.45, 2.75) is 13.0 Å². The van der Waals surface area contributed by atoms with Crippen molar-refractivity contribution in [3.05, 3.63) is 83.9 Å². The largest absolute Gasteiger partial charge is 0.376 e. The monoisotopic (exact) mass is 334 g/mol. The number of rotatable bonds is 2. The Morgan fingerprint density at radius 2 is 1.60 bits per heavy atom. The molecule has 0 amide bonds. The van der Waals surface area contributed by atoms with Crippen molar-refractivity contribution in [2.24, 2.45) is 0 Å². The molecule has 0 bridgehead atoms. The van der Waals surface area contributed by atoms with Gasteiger partial charge in [0.15, 0.2) is 5.78 Å². The zero-order chi connectivity index (χ0) is 17.5. The van der Waals surface area contributed by atoms with Gasteiger partial charge in [-0.15, -0.1) is 0 Å². The molecule has 25 heavy (non-hydrogen) atoms. The summed E-state index contributed by atoms with van der Waals surface area (Å²) in [6, 6.07) is 23.9. The van der Waals surface area contributed by atoms with Crippen molar-refractivity contribution in [2.75, 3.05) is 19.8 Å². The lowest BCUT2D eigenvalue weighted by Gasteiger charge is -2.22. The predicted molar refractivity (Wildman–Crippen MR) is 99.9 cm³/mol. The van der Waals surface area contributed by atoms with Crippen LogP contribution in [-0.2, 0) is 9.47 Å². The van der Waals surface area contributed by atoms with E-state index in [1.54, 1.807) is 6.92 Å². The minimum Gasteiger partial charge on any atom is -0.376 e. The fourth-order valence-corrected chi connectivity index (χ4v) is 2.88. The molecule has 4 rings (SSSR count). The van der Waals surface area contributed by atoms with Gasteiger partial charge in [0.2, 0.25) is 0 Å². The summed E-state index contributed by atoms with van der Waals surface area (Å²) in [6.45, 7) is 3.72. The number of carbonyl (C=O) groups excluding carboxylic acids is 1. The summed E-state index contributed by atoms with van der Waals surface area (Å²) in [4.78, 5) is 11.3. The highest BCUT2D eigenvalue weighted by Crippen LogP contribution is 2.20. The van der Waals surface area contributed by atoms with Crippen LogP contribution in [0.2, 0.25) is 0 Å². The molecule has 3 aromatic carbocycles. The SMILES string of the molecule is CC(=O)c1cccc2ccccc12.c1ccc(C2COCCO2)cc1. The van der Waals surface area contributed by atoms with E-state index >= 15 is 0 Å². The number of ether oxygens (including phenoxy) is 2. The molecular weight excluding hydrogens is 312 g/mol. The molecule has 128 valence electrons. The van der Waals surface area contributed by atoms with Gasteiger partial charge < -0.3 is 9.47 Å². The lowest BCUT2D eigenvalue weighted by molar-refractivity contribution is -0.0901. The molecule has 3 nitrogen and oxygen atoms in total. The molecule has 0 N–H and O–H groups in total. The van der Waals surface area contributed by atoms with E-state index in [-0.39, 0.29) is 11.9 Å². The van der Waals surface area contributed by atoms with E-state index in [9.17, 15) is 4.79 Å². The van der Waals surface area contributed by atoms with Crippen molar-refractivity contribution in [3.8, 4) is 0 Å². The van der Waals surface area contributed by atoms with Crippen LogP contribution < -0.4 is 0 Å². The molecule has 3 heteroatoms. The number of carbonyl (C=O) groups is 1. The first-order valence-corrected chi connectivity index (χ1v) is 8.48. The first-order valence-electron chi connectivity index (χ1n) is 8.48. The van der Waals surface area contributed by atoms with Gasteiger partial charge in [0.25, 0.3) is 0 Å². The van der Waals surface area contributed by atoms with E-state index in [1.165, 1.54) is 5.56 Å². The van der Waals surface area contributed by atoms with Crippen LogP contribution in [0.25, 0.3) is 10.8 Å². The molecule has 0 aliphatic carbocycles. The molecule has 1 heterocycles. The van der Waals surface area contributed by atoms with Crippen LogP contribution in [0, 0.1) is 0 Å². The van der Waals surface area contributed by atoms with Crippen LogP contribution in [-0.4, -0.2) is 25.6 Å². The van der Waals surface area contributed by atoms with Crippen molar-refractivity contribution >= 4 is 16.6 Å². The summed E-state index contributed by atoms with van der Waals surface area (Å²) in [5.74, 6) is 0.122. The summed E-state index contributed by atoms with van der Waals surface area (Å²) in [5.41, 5.74) is 2.01. The van der Waals surface area contributed by atoms with Gasteiger partial charge >= 0.3 is 0 Å². The highest BCUT2D eigenvalue weighted by atomic mass is 16.6. The van der Waals surface area contributed by atoms with E-state index < -0.39 is 0 Å². The van der Waals surface area contributed by atoms with Gasteiger partial charge in [0, 0.05) is 5.56 Å². The quantitative estimate of drug-likeness (QED) is 0.631. The standard InChI is InChI=1S/C12H10O.C10H12O2/c1-9(13)11-8-4-6-10-5-2-3-7-12(10)11;1-2-4-9(5-3-1)10-8-11-6-7-12-10/h2-8H,1H3;1-5,10H,6-8H2. The summed E-state index contributed by atoms with van der Waals surface area (Å²) >= 11 is 0. The third kappa shape index (κ3) is 4.53. The second-order valence-electron chi connectivity index (χ2n) is 5.93. The molecule has 0 aromatic heterocycles. The minimum atomic E-state index is 0.122. The normalized spacial score (nSPS) is 16.8. The van der Waals surface area contributed by atoms with Gasteiger partial charge in [0.1, 0.15) is 6.10 Å². The Labute approximate surface area is 148 Å². The smallest absolute Gasteiger partial charge is 0.160 e. The molecule has 0 radical (unpaired) electrons. The summed E-state index contributed by atoms with van der Waals surface area (Å²) in [6.07, 6.45) is 0.139. The lowest BCUT2D eigenvalue weighted by Crippen LogP contribution is -2.21. The Bertz CT molecular complexity index is 816. The third-order valence-corrected chi connectivity index (χ3v) is 4.16. The number of Topliss-reactive ketones (excluding diaryl/α,β-unsaturated/α-hetero) is 1. The Morgan fingerprint density at radius 1 is 0.880 bits per heavy atom. The Balaban J connectivity index is 0.000000146. The van der Waals surface area contributed by atoms with Crippen LogP contribution in [0.15, 0.2) is 72.8 Å². The highest BCUT2D eigenvalue weighted by Gasteiger charge is 2.15. The summed E-state index contributed by atoms with van der Waals surface area (Å²) in [5, 5.41) is 2.16. The molecule has 1 atom stereocenters. The molecule has 0 saturated carbocycles. The number of ketones is 1. The first-order chi connectivity index (χ1) is 12.3. The molecular formula is C22H22O3. The van der Waals surface area contributed by atoms with E-state index in [4.69, 9.17) is 9.47 Å². The number of hydrogen-bond donors (Lipinski definition) is 0. The predicted octanol–water partition coefficient (Wildman–Crippen LogP) is 4.82. The van der Waals surface area contributed by atoms with Crippen molar-refractivity contribution in [3.63, 3.8) is 0 Å². The van der Waals surface area contributed by atoms with Crippen LogP contribution in [0.3, 0.4) is 0 Å². The summed E-state index contributed by atoms with van der Waals surface area (Å²) < 4.78 is 10.9. The Hall–Kier alpha value is -2.49. The molecule has 1 aliphatic rings. The Kier molecular flexibility index (Phi) is 5.94. The van der Waals surface area contributed by atoms with Gasteiger partial charge in [0.05, 0.1) is 19.8 Å². The fraction of sp³-hybridized carbons (Fsp3) is 0.227. The number of benzene rings is 3. The van der Waals surface area contributed by atoms with Crippen molar-refractivity contribution in [1.82, 2.24) is 0 Å². The fourth-order valence-electron chi connectivity index (χ4n) is 2.88. The minimum absolute atomic E-state index is 0.122. The van der Waals surface area contributed by atoms with Crippen molar-refractivity contribution in [1.29, 1.82) is 0 Å². The average molecular weight is 334 g/mol. The molecule has 1 saturated heterocycles. The molecule has 1 unspecified atom stereocenters. The van der Waals surface area contributed by atoms with E-state index in [2.05, 4.69) is 12.1 Å². The maximum atomic E-state index is 11.3. The van der Waals surface area contributed by atoms with Gasteiger partial charge in [-0.05, 0) is 23.3 Å². The summed E-state index contributed by atoms with van der Waals surface area (Å²) in [7, 11) is 0. The van der Waals surface area contributed by atoms with Crippen LogP contribution in [0.4, 0.5) is 0 Å². The van der Waals surface area contributed by atoms with Crippen LogP contribution in [0.1, 0.15) is 28.9 Å².